The molecule has 0 aliphatic rings. The van der Waals surface area contributed by atoms with Gasteiger partial charge >= 0.3 is 0 Å². The van der Waals surface area contributed by atoms with Gasteiger partial charge in [-0.25, -0.2) is 0 Å². The van der Waals surface area contributed by atoms with E-state index in [2.05, 4.69) is 36.5 Å². The van der Waals surface area contributed by atoms with E-state index in [1.165, 1.54) is 11.1 Å². The maximum atomic E-state index is 9.24. The zero-order valence-electron chi connectivity index (χ0n) is 10.7. The maximum absolute atomic E-state index is 9.24. The second-order valence-electron chi connectivity index (χ2n) is 4.52. The highest BCUT2D eigenvalue weighted by Crippen LogP contribution is 2.09. The summed E-state index contributed by atoms with van der Waals surface area (Å²) in [6, 6.07) is 16.5. The first-order chi connectivity index (χ1) is 8.79. The fourth-order valence-electron chi connectivity index (χ4n) is 1.93. The van der Waals surface area contributed by atoms with Gasteiger partial charge in [-0.3, -0.25) is 0 Å². The molecule has 0 bridgehead atoms. The van der Waals surface area contributed by atoms with Crippen LogP contribution in [0.4, 0.5) is 0 Å². The number of aliphatic hydroxyl groups is 1. The molecule has 0 saturated heterocycles. The van der Waals surface area contributed by atoms with Gasteiger partial charge in [0.05, 0.1) is 6.61 Å². The molecule has 2 N–H and O–H groups in total. The lowest BCUT2D eigenvalue weighted by atomic mass is 10.1. The van der Waals surface area contributed by atoms with E-state index in [-0.39, 0.29) is 6.61 Å². The Bertz CT molecular complexity index is 491. The standard InChI is InChI=1S/C16H19NO/c1-13-6-8-14(9-7-13)10-17-11-15-4-2-3-5-16(15)12-18/h2-9,17-18H,10-12H2,1H3. The molecular weight excluding hydrogens is 222 g/mol. The highest BCUT2D eigenvalue weighted by atomic mass is 16.3. The molecule has 0 aliphatic heterocycles. The van der Waals surface area contributed by atoms with Crippen LogP contribution in [0.15, 0.2) is 48.5 Å². The molecule has 2 rings (SSSR count). The third kappa shape index (κ3) is 3.42. The maximum Gasteiger partial charge on any atom is 0.0685 e. The Labute approximate surface area is 108 Å². The largest absolute Gasteiger partial charge is 0.392 e. The van der Waals surface area contributed by atoms with Gasteiger partial charge in [0.2, 0.25) is 0 Å². The molecule has 0 atom stereocenters. The van der Waals surface area contributed by atoms with Gasteiger partial charge in [0.25, 0.3) is 0 Å². The lowest BCUT2D eigenvalue weighted by Crippen LogP contribution is -2.14. The Balaban J connectivity index is 1.90. The van der Waals surface area contributed by atoms with E-state index in [1.807, 2.05) is 24.3 Å². The van der Waals surface area contributed by atoms with Gasteiger partial charge in [-0.05, 0) is 23.6 Å². The molecule has 2 nitrogen and oxygen atoms in total. The van der Waals surface area contributed by atoms with Crippen LogP contribution in [0.2, 0.25) is 0 Å². The second-order valence-corrected chi connectivity index (χ2v) is 4.52. The first kappa shape index (κ1) is 12.8. The van der Waals surface area contributed by atoms with Crippen molar-refractivity contribution in [1.29, 1.82) is 0 Å². The minimum atomic E-state index is 0.0996. The Kier molecular flexibility index (Phi) is 4.51. The minimum absolute atomic E-state index is 0.0996. The molecule has 0 radical (unpaired) electrons. The Morgan fingerprint density at radius 1 is 0.889 bits per heavy atom. The molecule has 2 aromatic carbocycles. The molecule has 0 heterocycles. The van der Waals surface area contributed by atoms with Crippen molar-refractivity contribution in [3.8, 4) is 0 Å². The summed E-state index contributed by atoms with van der Waals surface area (Å²) >= 11 is 0. The average Bonchev–Trinajstić information content (AvgIpc) is 2.41. The highest BCUT2D eigenvalue weighted by Gasteiger charge is 1.99. The van der Waals surface area contributed by atoms with Gasteiger partial charge in [-0.15, -0.1) is 0 Å². The second kappa shape index (κ2) is 6.34. The van der Waals surface area contributed by atoms with Crippen LogP contribution in [0.1, 0.15) is 22.3 Å². The van der Waals surface area contributed by atoms with Crippen LogP contribution < -0.4 is 5.32 Å². The summed E-state index contributed by atoms with van der Waals surface area (Å²) < 4.78 is 0. The van der Waals surface area contributed by atoms with Gasteiger partial charge in [-0.1, -0.05) is 54.1 Å². The molecular formula is C16H19NO. The topological polar surface area (TPSA) is 32.3 Å². The van der Waals surface area contributed by atoms with E-state index in [0.717, 1.165) is 24.2 Å². The number of nitrogens with one attached hydrogen (secondary N) is 1. The van der Waals surface area contributed by atoms with Gasteiger partial charge in [0, 0.05) is 13.1 Å². The number of benzene rings is 2. The van der Waals surface area contributed by atoms with Crippen molar-refractivity contribution in [2.75, 3.05) is 0 Å². The van der Waals surface area contributed by atoms with Gasteiger partial charge in [0.1, 0.15) is 0 Å². The van der Waals surface area contributed by atoms with Crippen LogP contribution in [-0.2, 0) is 19.7 Å². The van der Waals surface area contributed by atoms with Crippen molar-refractivity contribution in [1.82, 2.24) is 5.32 Å². The normalized spacial score (nSPS) is 10.6. The van der Waals surface area contributed by atoms with Crippen molar-refractivity contribution in [3.63, 3.8) is 0 Å². The molecule has 0 unspecified atom stereocenters. The molecule has 94 valence electrons. The van der Waals surface area contributed by atoms with Crippen molar-refractivity contribution >= 4 is 0 Å². The summed E-state index contributed by atoms with van der Waals surface area (Å²) in [5.74, 6) is 0. The van der Waals surface area contributed by atoms with E-state index in [9.17, 15) is 5.11 Å². The number of hydrogen-bond acceptors (Lipinski definition) is 2. The fourth-order valence-corrected chi connectivity index (χ4v) is 1.93. The average molecular weight is 241 g/mol. The van der Waals surface area contributed by atoms with Crippen LogP contribution in [-0.4, -0.2) is 5.11 Å². The number of aryl methyl sites for hydroxylation is 1. The fraction of sp³-hybridized carbons (Fsp3) is 0.250. The van der Waals surface area contributed by atoms with Crippen molar-refractivity contribution in [3.05, 3.63) is 70.8 Å². The van der Waals surface area contributed by atoms with Crippen LogP contribution in [0.25, 0.3) is 0 Å². The van der Waals surface area contributed by atoms with E-state index < -0.39 is 0 Å². The summed E-state index contributed by atoms with van der Waals surface area (Å²) in [6.07, 6.45) is 0. The lowest BCUT2D eigenvalue weighted by molar-refractivity contribution is 0.280. The summed E-state index contributed by atoms with van der Waals surface area (Å²) in [5.41, 5.74) is 4.72. The molecule has 2 aromatic rings. The minimum Gasteiger partial charge on any atom is -0.392 e. The molecule has 0 aliphatic carbocycles. The quantitative estimate of drug-likeness (QED) is 0.843. The number of aliphatic hydroxyl groups excluding tert-OH is 1. The summed E-state index contributed by atoms with van der Waals surface area (Å²) in [5, 5.41) is 12.6. The van der Waals surface area contributed by atoms with Gasteiger partial charge < -0.3 is 10.4 Å². The molecule has 0 fully saturated rings. The number of hydrogen-bond donors (Lipinski definition) is 2. The summed E-state index contributed by atoms with van der Waals surface area (Å²) in [6.45, 7) is 3.82. The smallest absolute Gasteiger partial charge is 0.0685 e. The predicted octanol–water partition coefficient (Wildman–Crippen LogP) is 2.78. The van der Waals surface area contributed by atoms with Crippen LogP contribution in [0, 0.1) is 6.92 Å². The summed E-state index contributed by atoms with van der Waals surface area (Å²) in [4.78, 5) is 0. The van der Waals surface area contributed by atoms with Crippen molar-refractivity contribution in [2.24, 2.45) is 0 Å². The van der Waals surface area contributed by atoms with Crippen molar-refractivity contribution < 1.29 is 5.11 Å². The van der Waals surface area contributed by atoms with Gasteiger partial charge in [-0.2, -0.15) is 0 Å². The van der Waals surface area contributed by atoms with Crippen LogP contribution in [0.3, 0.4) is 0 Å². The van der Waals surface area contributed by atoms with Gasteiger partial charge in [0.15, 0.2) is 0 Å². The van der Waals surface area contributed by atoms with E-state index >= 15 is 0 Å². The monoisotopic (exact) mass is 241 g/mol. The lowest BCUT2D eigenvalue weighted by Gasteiger charge is -2.09. The first-order valence-electron chi connectivity index (χ1n) is 6.23. The molecule has 0 spiro atoms. The molecule has 0 saturated carbocycles. The zero-order valence-corrected chi connectivity index (χ0v) is 10.7. The molecule has 0 aromatic heterocycles. The Morgan fingerprint density at radius 3 is 2.22 bits per heavy atom. The number of rotatable bonds is 5. The molecule has 18 heavy (non-hydrogen) atoms. The zero-order chi connectivity index (χ0) is 12.8. The van der Waals surface area contributed by atoms with Crippen molar-refractivity contribution in [2.45, 2.75) is 26.6 Å². The van der Waals surface area contributed by atoms with E-state index in [4.69, 9.17) is 0 Å². The summed E-state index contributed by atoms with van der Waals surface area (Å²) in [7, 11) is 0. The first-order valence-corrected chi connectivity index (χ1v) is 6.23. The predicted molar refractivity (Wildman–Crippen MR) is 74.1 cm³/mol. The van der Waals surface area contributed by atoms with Crippen LogP contribution >= 0.6 is 0 Å². The van der Waals surface area contributed by atoms with E-state index in [1.54, 1.807) is 0 Å². The van der Waals surface area contributed by atoms with E-state index in [0.29, 0.717) is 0 Å². The Morgan fingerprint density at radius 2 is 1.56 bits per heavy atom. The third-order valence-corrected chi connectivity index (χ3v) is 3.05. The highest BCUT2D eigenvalue weighted by molar-refractivity contribution is 5.26. The SMILES string of the molecule is Cc1ccc(CNCc2ccccc2CO)cc1. The molecule has 2 heteroatoms. The third-order valence-electron chi connectivity index (χ3n) is 3.05. The van der Waals surface area contributed by atoms with Crippen LogP contribution in [0.5, 0.6) is 0 Å². The molecule has 0 amide bonds. The Hall–Kier alpha value is -1.64.